The Morgan fingerprint density at radius 3 is 2.88 bits per heavy atom. The quantitative estimate of drug-likeness (QED) is 0.661. The highest BCUT2D eigenvalue weighted by molar-refractivity contribution is 6.38. The van der Waals surface area contributed by atoms with Crippen molar-refractivity contribution in [2.24, 2.45) is 7.05 Å². The number of anilines is 1. The van der Waals surface area contributed by atoms with Gasteiger partial charge in [-0.1, -0.05) is 17.7 Å². The van der Waals surface area contributed by atoms with E-state index in [1.807, 2.05) is 32.2 Å². The summed E-state index contributed by atoms with van der Waals surface area (Å²) in [5, 5.41) is 2.86. The van der Waals surface area contributed by atoms with Crippen molar-refractivity contribution >= 4 is 39.2 Å². The molecule has 0 bridgehead atoms. The molecule has 4 heteroatoms. The highest BCUT2D eigenvalue weighted by atomic mass is 35.5. The Labute approximate surface area is 104 Å². The van der Waals surface area contributed by atoms with Gasteiger partial charge in [-0.3, -0.25) is 0 Å². The number of halogens is 1. The second-order valence-corrected chi connectivity index (χ2v) is 4.63. The third-order valence-corrected chi connectivity index (χ3v) is 3.46. The summed E-state index contributed by atoms with van der Waals surface area (Å²) in [6, 6.07) is 7.79. The minimum atomic E-state index is 0.530. The lowest BCUT2D eigenvalue weighted by Crippen LogP contribution is -1.95. The first kappa shape index (κ1) is 10.4. The predicted molar refractivity (Wildman–Crippen MR) is 72.4 cm³/mol. The molecule has 0 amide bonds. The van der Waals surface area contributed by atoms with Gasteiger partial charge < -0.3 is 10.3 Å². The van der Waals surface area contributed by atoms with E-state index >= 15 is 0 Å². The summed E-state index contributed by atoms with van der Waals surface area (Å²) in [5.41, 5.74) is 8.92. The van der Waals surface area contributed by atoms with E-state index < -0.39 is 0 Å². The van der Waals surface area contributed by atoms with Crippen LogP contribution < -0.4 is 5.73 Å². The molecule has 3 rings (SSSR count). The van der Waals surface area contributed by atoms with Crippen LogP contribution in [0.2, 0.25) is 5.02 Å². The third-order valence-electron chi connectivity index (χ3n) is 3.14. The Kier molecular flexibility index (Phi) is 2.07. The van der Waals surface area contributed by atoms with Gasteiger partial charge in [-0.25, -0.2) is 4.98 Å². The number of nitrogens with two attached hydrogens (primary N) is 1. The van der Waals surface area contributed by atoms with Crippen molar-refractivity contribution in [1.29, 1.82) is 0 Å². The monoisotopic (exact) mass is 245 g/mol. The number of rotatable bonds is 0. The van der Waals surface area contributed by atoms with Gasteiger partial charge in [-0.05, 0) is 25.1 Å². The summed E-state index contributed by atoms with van der Waals surface area (Å²) in [4.78, 5) is 4.30. The maximum Gasteiger partial charge on any atom is 0.124 e. The van der Waals surface area contributed by atoms with E-state index in [4.69, 9.17) is 17.3 Å². The Morgan fingerprint density at radius 2 is 2.12 bits per heavy atom. The number of fused-ring (bicyclic) bond motifs is 3. The number of hydrogen-bond donors (Lipinski definition) is 1. The molecule has 0 aliphatic carbocycles. The molecular formula is C13H12ClN3. The van der Waals surface area contributed by atoms with Gasteiger partial charge in [0.1, 0.15) is 5.82 Å². The van der Waals surface area contributed by atoms with Gasteiger partial charge in [0.15, 0.2) is 0 Å². The zero-order chi connectivity index (χ0) is 12.2. The first-order valence-electron chi connectivity index (χ1n) is 5.39. The number of aromatic nitrogens is 2. The fraction of sp³-hybridized carbons (Fsp3) is 0.154. The van der Waals surface area contributed by atoms with E-state index in [-0.39, 0.29) is 0 Å². The molecular weight excluding hydrogens is 234 g/mol. The highest BCUT2D eigenvalue weighted by Crippen LogP contribution is 2.34. The standard InChI is InChI=1S/C13H12ClN3/c1-7-13-8(6-11(15)16-7)12-9(14)4-3-5-10(12)17(13)2/h3-6H,1-2H3,(H2,15,16). The number of hydrogen-bond acceptors (Lipinski definition) is 2. The van der Waals surface area contributed by atoms with Crippen LogP contribution in [0.15, 0.2) is 24.3 Å². The second-order valence-electron chi connectivity index (χ2n) is 4.22. The summed E-state index contributed by atoms with van der Waals surface area (Å²) in [6.07, 6.45) is 0. The lowest BCUT2D eigenvalue weighted by atomic mass is 10.1. The third kappa shape index (κ3) is 1.32. The molecule has 0 saturated heterocycles. The number of aryl methyl sites for hydroxylation is 2. The average molecular weight is 246 g/mol. The van der Waals surface area contributed by atoms with Crippen molar-refractivity contribution < 1.29 is 0 Å². The van der Waals surface area contributed by atoms with Gasteiger partial charge in [0.2, 0.25) is 0 Å². The summed E-state index contributed by atoms with van der Waals surface area (Å²) < 4.78 is 2.11. The van der Waals surface area contributed by atoms with Gasteiger partial charge >= 0.3 is 0 Å². The van der Waals surface area contributed by atoms with Crippen molar-refractivity contribution in [1.82, 2.24) is 9.55 Å². The lowest BCUT2D eigenvalue weighted by molar-refractivity contribution is 0.998. The Balaban J connectivity index is 2.70. The molecule has 17 heavy (non-hydrogen) atoms. The maximum absolute atomic E-state index is 6.28. The highest BCUT2D eigenvalue weighted by Gasteiger charge is 2.13. The van der Waals surface area contributed by atoms with Gasteiger partial charge in [-0.2, -0.15) is 0 Å². The van der Waals surface area contributed by atoms with Crippen LogP contribution in [-0.4, -0.2) is 9.55 Å². The molecule has 0 saturated carbocycles. The van der Waals surface area contributed by atoms with E-state index in [9.17, 15) is 0 Å². The van der Waals surface area contributed by atoms with E-state index in [0.29, 0.717) is 5.82 Å². The Bertz CT molecular complexity index is 743. The minimum absolute atomic E-state index is 0.530. The molecule has 2 heterocycles. The van der Waals surface area contributed by atoms with Crippen molar-refractivity contribution in [2.75, 3.05) is 5.73 Å². The zero-order valence-electron chi connectivity index (χ0n) is 9.66. The average Bonchev–Trinajstić information content (AvgIpc) is 2.54. The van der Waals surface area contributed by atoms with Crippen LogP contribution in [0.4, 0.5) is 5.82 Å². The number of benzene rings is 1. The maximum atomic E-state index is 6.28. The first-order valence-corrected chi connectivity index (χ1v) is 5.77. The van der Waals surface area contributed by atoms with Crippen LogP contribution >= 0.6 is 11.6 Å². The van der Waals surface area contributed by atoms with Gasteiger partial charge in [0.05, 0.1) is 21.7 Å². The first-order chi connectivity index (χ1) is 8.09. The second kappa shape index (κ2) is 3.37. The fourth-order valence-corrected chi connectivity index (χ4v) is 2.75. The lowest BCUT2D eigenvalue weighted by Gasteiger charge is -2.01. The van der Waals surface area contributed by atoms with E-state index in [2.05, 4.69) is 15.6 Å². The molecule has 0 aliphatic rings. The topological polar surface area (TPSA) is 43.8 Å². The molecule has 0 unspecified atom stereocenters. The van der Waals surface area contributed by atoms with Crippen LogP contribution in [0.3, 0.4) is 0 Å². The van der Waals surface area contributed by atoms with Crippen LogP contribution in [0.25, 0.3) is 21.8 Å². The van der Waals surface area contributed by atoms with Gasteiger partial charge in [0.25, 0.3) is 0 Å². The molecule has 3 aromatic rings. The normalized spacial score (nSPS) is 11.5. The molecule has 3 nitrogen and oxygen atoms in total. The number of nitrogens with zero attached hydrogens (tertiary/aromatic N) is 2. The molecule has 2 N–H and O–H groups in total. The largest absolute Gasteiger partial charge is 0.384 e. The Morgan fingerprint density at radius 1 is 1.35 bits per heavy atom. The summed E-state index contributed by atoms with van der Waals surface area (Å²) in [6.45, 7) is 1.96. The molecule has 2 aromatic heterocycles. The molecule has 0 radical (unpaired) electrons. The zero-order valence-corrected chi connectivity index (χ0v) is 10.4. The van der Waals surface area contributed by atoms with Crippen LogP contribution in [-0.2, 0) is 7.05 Å². The van der Waals surface area contributed by atoms with E-state index in [0.717, 1.165) is 32.5 Å². The molecule has 0 atom stereocenters. The number of pyridine rings is 1. The van der Waals surface area contributed by atoms with Crippen molar-refractivity contribution in [3.63, 3.8) is 0 Å². The molecule has 0 spiro atoms. The SMILES string of the molecule is Cc1nc(N)cc2c3c(Cl)cccc3n(C)c12. The summed E-state index contributed by atoms with van der Waals surface area (Å²) >= 11 is 6.28. The van der Waals surface area contributed by atoms with E-state index in [1.54, 1.807) is 0 Å². The molecule has 0 fully saturated rings. The van der Waals surface area contributed by atoms with Crippen LogP contribution in [0.1, 0.15) is 5.69 Å². The van der Waals surface area contributed by atoms with Crippen molar-refractivity contribution in [3.8, 4) is 0 Å². The van der Waals surface area contributed by atoms with Gasteiger partial charge in [-0.15, -0.1) is 0 Å². The van der Waals surface area contributed by atoms with Crippen molar-refractivity contribution in [3.05, 3.63) is 35.0 Å². The van der Waals surface area contributed by atoms with Crippen molar-refractivity contribution in [2.45, 2.75) is 6.92 Å². The van der Waals surface area contributed by atoms with Gasteiger partial charge in [0, 0.05) is 17.8 Å². The fourth-order valence-electron chi connectivity index (χ4n) is 2.48. The number of nitrogen functional groups attached to an aromatic ring is 1. The molecule has 86 valence electrons. The molecule has 1 aromatic carbocycles. The predicted octanol–water partition coefficient (Wildman–Crippen LogP) is 3.27. The summed E-state index contributed by atoms with van der Waals surface area (Å²) in [5.74, 6) is 0.530. The smallest absolute Gasteiger partial charge is 0.124 e. The summed E-state index contributed by atoms with van der Waals surface area (Å²) in [7, 11) is 2.02. The van der Waals surface area contributed by atoms with Crippen LogP contribution in [0.5, 0.6) is 0 Å². The van der Waals surface area contributed by atoms with E-state index in [1.165, 1.54) is 0 Å². The minimum Gasteiger partial charge on any atom is -0.384 e. The van der Waals surface area contributed by atoms with Crippen LogP contribution in [0, 0.1) is 6.92 Å². The Hall–Kier alpha value is -1.74. The molecule has 0 aliphatic heterocycles.